The molecule has 1 aliphatic carbocycles. The van der Waals surface area contributed by atoms with Crippen molar-refractivity contribution in [1.82, 2.24) is 5.32 Å². The van der Waals surface area contributed by atoms with Crippen molar-refractivity contribution in [2.45, 2.75) is 65.3 Å². The molecular formula is C15H31NO2S. The van der Waals surface area contributed by atoms with Crippen LogP contribution in [0.3, 0.4) is 0 Å². The van der Waals surface area contributed by atoms with Crippen molar-refractivity contribution >= 4 is 9.84 Å². The molecule has 0 spiro atoms. The Balaban J connectivity index is 2.29. The van der Waals surface area contributed by atoms with Gasteiger partial charge in [-0.05, 0) is 43.4 Å². The van der Waals surface area contributed by atoms with Crippen molar-refractivity contribution in [2.75, 3.05) is 18.6 Å². The first kappa shape index (κ1) is 17.0. The molecule has 1 N–H and O–H groups in total. The summed E-state index contributed by atoms with van der Waals surface area (Å²) in [4.78, 5) is 0. The molecule has 0 aromatic carbocycles. The number of hydrogen-bond donors (Lipinski definition) is 1. The van der Waals surface area contributed by atoms with Gasteiger partial charge in [-0.15, -0.1) is 0 Å². The molecule has 0 aromatic rings. The minimum absolute atomic E-state index is 0.258. The Morgan fingerprint density at radius 1 is 1.16 bits per heavy atom. The summed E-state index contributed by atoms with van der Waals surface area (Å²) in [5.74, 6) is 1.09. The summed E-state index contributed by atoms with van der Waals surface area (Å²) >= 11 is 0. The van der Waals surface area contributed by atoms with Gasteiger partial charge in [0, 0.05) is 18.8 Å². The van der Waals surface area contributed by atoms with E-state index in [0.29, 0.717) is 18.0 Å². The molecule has 3 nitrogen and oxygen atoms in total. The molecule has 19 heavy (non-hydrogen) atoms. The van der Waals surface area contributed by atoms with Crippen molar-refractivity contribution in [3.63, 3.8) is 0 Å². The summed E-state index contributed by atoms with van der Waals surface area (Å²) in [6.07, 6.45) is 8.83. The maximum absolute atomic E-state index is 11.1. The fraction of sp³-hybridized carbons (Fsp3) is 1.00. The molecule has 4 heteroatoms. The van der Waals surface area contributed by atoms with E-state index >= 15 is 0 Å². The van der Waals surface area contributed by atoms with E-state index in [2.05, 4.69) is 26.1 Å². The van der Waals surface area contributed by atoms with Gasteiger partial charge in [0.1, 0.15) is 9.84 Å². The average Bonchev–Trinajstić information content (AvgIpc) is 2.28. The Bertz CT molecular complexity index is 354. The lowest BCUT2D eigenvalue weighted by Gasteiger charge is -2.39. The smallest absolute Gasteiger partial charge is 0.148 e. The average molecular weight is 289 g/mol. The summed E-state index contributed by atoms with van der Waals surface area (Å²) < 4.78 is 22.2. The SMILES string of the molecule is CCCC(C)(C)C1CCC(NCCS(C)(=O)=O)CC1. The first-order chi connectivity index (χ1) is 8.74. The predicted molar refractivity (Wildman–Crippen MR) is 82.1 cm³/mol. The second-order valence-corrected chi connectivity index (χ2v) is 9.13. The van der Waals surface area contributed by atoms with Crippen molar-refractivity contribution in [1.29, 1.82) is 0 Å². The summed E-state index contributed by atoms with van der Waals surface area (Å²) in [7, 11) is -2.83. The van der Waals surface area contributed by atoms with E-state index in [1.54, 1.807) is 0 Å². The molecule has 0 aliphatic heterocycles. The van der Waals surface area contributed by atoms with Gasteiger partial charge in [-0.2, -0.15) is 0 Å². The molecule has 0 radical (unpaired) electrons. The number of rotatable bonds is 7. The van der Waals surface area contributed by atoms with Gasteiger partial charge in [0.05, 0.1) is 5.75 Å². The van der Waals surface area contributed by atoms with Crippen LogP contribution in [0.4, 0.5) is 0 Å². The third-order valence-corrected chi connectivity index (χ3v) is 5.58. The zero-order chi connectivity index (χ0) is 14.5. The molecule has 1 fully saturated rings. The maximum atomic E-state index is 11.1. The molecule has 1 rings (SSSR count). The minimum atomic E-state index is -2.83. The Hall–Kier alpha value is -0.0900. The highest BCUT2D eigenvalue weighted by atomic mass is 32.2. The van der Waals surface area contributed by atoms with Gasteiger partial charge in [0.2, 0.25) is 0 Å². The summed E-state index contributed by atoms with van der Waals surface area (Å²) in [5, 5.41) is 3.40. The second kappa shape index (κ2) is 7.07. The zero-order valence-electron chi connectivity index (χ0n) is 13.0. The lowest BCUT2D eigenvalue weighted by Crippen LogP contribution is -2.38. The van der Waals surface area contributed by atoms with E-state index in [-0.39, 0.29) is 5.75 Å². The van der Waals surface area contributed by atoms with E-state index in [4.69, 9.17) is 0 Å². The molecule has 0 bridgehead atoms. The lowest BCUT2D eigenvalue weighted by molar-refractivity contribution is 0.131. The zero-order valence-corrected chi connectivity index (χ0v) is 13.9. The Morgan fingerprint density at radius 3 is 2.21 bits per heavy atom. The van der Waals surface area contributed by atoms with Crippen molar-refractivity contribution in [3.05, 3.63) is 0 Å². The molecule has 0 heterocycles. The van der Waals surface area contributed by atoms with Crippen molar-refractivity contribution in [2.24, 2.45) is 11.3 Å². The molecule has 114 valence electrons. The molecule has 1 saturated carbocycles. The molecule has 1 aliphatic rings. The monoisotopic (exact) mass is 289 g/mol. The highest BCUT2D eigenvalue weighted by molar-refractivity contribution is 7.90. The van der Waals surface area contributed by atoms with E-state index in [9.17, 15) is 8.42 Å². The van der Waals surface area contributed by atoms with Gasteiger partial charge in [0.25, 0.3) is 0 Å². The van der Waals surface area contributed by atoms with Gasteiger partial charge in [0.15, 0.2) is 0 Å². The van der Waals surface area contributed by atoms with Crippen LogP contribution in [0.2, 0.25) is 0 Å². The fourth-order valence-electron chi connectivity index (χ4n) is 3.38. The number of nitrogens with one attached hydrogen (secondary N) is 1. The highest BCUT2D eigenvalue weighted by Crippen LogP contribution is 2.41. The quantitative estimate of drug-likeness (QED) is 0.783. The number of hydrogen-bond acceptors (Lipinski definition) is 3. The first-order valence-electron chi connectivity index (χ1n) is 7.65. The molecule has 0 atom stereocenters. The standard InChI is InChI=1S/C15H31NO2S/c1-5-10-15(2,3)13-6-8-14(9-7-13)16-11-12-19(4,17)18/h13-14,16H,5-12H2,1-4H3. The van der Waals surface area contributed by atoms with Crippen LogP contribution in [0.5, 0.6) is 0 Å². The second-order valence-electron chi connectivity index (χ2n) is 6.87. The van der Waals surface area contributed by atoms with Gasteiger partial charge >= 0.3 is 0 Å². The van der Waals surface area contributed by atoms with E-state index in [1.165, 1.54) is 44.8 Å². The number of sulfone groups is 1. The van der Waals surface area contributed by atoms with E-state index in [0.717, 1.165) is 5.92 Å². The van der Waals surface area contributed by atoms with Crippen LogP contribution < -0.4 is 5.32 Å². The Labute approximate surface area is 119 Å². The normalized spacial score (nSPS) is 25.5. The fourth-order valence-corrected chi connectivity index (χ4v) is 3.86. The van der Waals surface area contributed by atoms with Crippen LogP contribution in [0, 0.1) is 11.3 Å². The third-order valence-electron chi connectivity index (χ3n) is 4.63. The molecule has 0 amide bonds. The highest BCUT2D eigenvalue weighted by Gasteiger charge is 2.32. The lowest BCUT2D eigenvalue weighted by atomic mass is 9.68. The summed E-state index contributed by atoms with van der Waals surface area (Å²) in [6.45, 7) is 7.67. The van der Waals surface area contributed by atoms with E-state index in [1.807, 2.05) is 0 Å². The van der Waals surface area contributed by atoms with Crippen LogP contribution in [-0.2, 0) is 9.84 Å². The van der Waals surface area contributed by atoms with E-state index < -0.39 is 9.84 Å². The van der Waals surface area contributed by atoms with Crippen LogP contribution in [0.25, 0.3) is 0 Å². The largest absolute Gasteiger partial charge is 0.313 e. The Kier molecular flexibility index (Phi) is 6.31. The molecule has 0 unspecified atom stereocenters. The predicted octanol–water partition coefficient (Wildman–Crippen LogP) is 3.01. The van der Waals surface area contributed by atoms with Crippen molar-refractivity contribution < 1.29 is 8.42 Å². The third kappa shape index (κ3) is 6.26. The van der Waals surface area contributed by atoms with Crippen molar-refractivity contribution in [3.8, 4) is 0 Å². The Morgan fingerprint density at radius 2 is 1.74 bits per heavy atom. The minimum Gasteiger partial charge on any atom is -0.313 e. The van der Waals surface area contributed by atoms with Crippen LogP contribution in [0.1, 0.15) is 59.3 Å². The molecular weight excluding hydrogens is 258 g/mol. The van der Waals surface area contributed by atoms with Crippen LogP contribution >= 0.6 is 0 Å². The van der Waals surface area contributed by atoms with Gasteiger partial charge in [-0.1, -0.05) is 27.2 Å². The van der Waals surface area contributed by atoms with Gasteiger partial charge < -0.3 is 5.32 Å². The van der Waals surface area contributed by atoms with Gasteiger partial charge in [-0.3, -0.25) is 0 Å². The van der Waals surface area contributed by atoms with Crippen LogP contribution in [0.15, 0.2) is 0 Å². The molecule has 0 aromatic heterocycles. The topological polar surface area (TPSA) is 46.2 Å². The summed E-state index contributed by atoms with van der Waals surface area (Å²) in [5.41, 5.74) is 0.465. The first-order valence-corrected chi connectivity index (χ1v) is 9.72. The summed E-state index contributed by atoms with van der Waals surface area (Å²) in [6, 6.07) is 0.524. The van der Waals surface area contributed by atoms with Crippen LogP contribution in [-0.4, -0.2) is 33.0 Å². The maximum Gasteiger partial charge on any atom is 0.148 e. The molecule has 0 saturated heterocycles. The van der Waals surface area contributed by atoms with Gasteiger partial charge in [-0.25, -0.2) is 8.42 Å².